The van der Waals surface area contributed by atoms with Gasteiger partial charge in [-0.05, 0) is 48.7 Å². The van der Waals surface area contributed by atoms with Crippen LogP contribution in [0.15, 0.2) is 30.5 Å². The fraction of sp³-hybridized carbons (Fsp3) is 0.214. The highest BCUT2D eigenvalue weighted by Gasteiger charge is 2.04. The summed E-state index contributed by atoms with van der Waals surface area (Å²) in [6.07, 6.45) is 1.80. The average molecular weight is 230 g/mol. The summed E-state index contributed by atoms with van der Waals surface area (Å²) in [5.41, 5.74) is 3.72. The van der Waals surface area contributed by atoms with Gasteiger partial charge < -0.3 is 5.32 Å². The van der Waals surface area contributed by atoms with Crippen LogP contribution < -0.4 is 5.32 Å². The fourth-order valence-corrected chi connectivity index (χ4v) is 1.82. The Hall–Kier alpha value is -1.90. The molecule has 0 radical (unpaired) electrons. The van der Waals surface area contributed by atoms with Crippen LogP contribution in [0.2, 0.25) is 0 Å². The average Bonchev–Trinajstić information content (AvgIpc) is 2.32. The summed E-state index contributed by atoms with van der Waals surface area (Å²) in [6.45, 7) is 3.76. The molecular weight excluding hydrogens is 215 g/mol. The van der Waals surface area contributed by atoms with Crippen molar-refractivity contribution < 1.29 is 4.39 Å². The Bertz CT molecular complexity index is 550. The fourth-order valence-electron chi connectivity index (χ4n) is 1.82. The standard InChI is InChI=1S/C14H15FN2/c1-9-6-11(4-5-13(9)15)12-7-10(2)14(16-3)17-8-12/h4-8H,1-3H3,(H,16,17). The summed E-state index contributed by atoms with van der Waals surface area (Å²) in [5, 5.41) is 3.02. The van der Waals surface area contributed by atoms with E-state index in [0.29, 0.717) is 5.56 Å². The lowest BCUT2D eigenvalue weighted by atomic mass is 10.0. The molecule has 88 valence electrons. The number of pyridine rings is 1. The third-order valence-electron chi connectivity index (χ3n) is 2.81. The number of anilines is 1. The van der Waals surface area contributed by atoms with Crippen molar-refractivity contribution in [2.45, 2.75) is 13.8 Å². The highest BCUT2D eigenvalue weighted by molar-refractivity contribution is 5.66. The Morgan fingerprint density at radius 1 is 1.06 bits per heavy atom. The minimum absolute atomic E-state index is 0.176. The predicted molar refractivity (Wildman–Crippen MR) is 68.7 cm³/mol. The molecule has 0 saturated heterocycles. The molecule has 1 N–H and O–H groups in total. The summed E-state index contributed by atoms with van der Waals surface area (Å²) in [4.78, 5) is 4.32. The minimum Gasteiger partial charge on any atom is -0.373 e. The molecule has 0 aliphatic carbocycles. The quantitative estimate of drug-likeness (QED) is 0.853. The molecule has 0 atom stereocenters. The van der Waals surface area contributed by atoms with Gasteiger partial charge >= 0.3 is 0 Å². The van der Waals surface area contributed by atoms with Gasteiger partial charge in [-0.2, -0.15) is 0 Å². The van der Waals surface area contributed by atoms with Crippen LogP contribution in [0, 0.1) is 19.7 Å². The molecule has 0 bridgehead atoms. The van der Waals surface area contributed by atoms with E-state index >= 15 is 0 Å². The molecule has 17 heavy (non-hydrogen) atoms. The lowest BCUT2D eigenvalue weighted by molar-refractivity contribution is 0.619. The maximum Gasteiger partial charge on any atom is 0.128 e. The van der Waals surface area contributed by atoms with Gasteiger partial charge in [0.15, 0.2) is 0 Å². The lowest BCUT2D eigenvalue weighted by Gasteiger charge is -2.08. The van der Waals surface area contributed by atoms with Crippen molar-refractivity contribution in [2.75, 3.05) is 12.4 Å². The molecule has 1 heterocycles. The van der Waals surface area contributed by atoms with Crippen molar-refractivity contribution in [3.63, 3.8) is 0 Å². The maximum atomic E-state index is 13.2. The zero-order valence-corrected chi connectivity index (χ0v) is 10.2. The lowest BCUT2D eigenvalue weighted by Crippen LogP contribution is -1.95. The first-order valence-corrected chi connectivity index (χ1v) is 5.52. The maximum absolute atomic E-state index is 13.2. The van der Waals surface area contributed by atoms with Gasteiger partial charge in [-0.25, -0.2) is 9.37 Å². The molecule has 0 fully saturated rings. The minimum atomic E-state index is -0.176. The molecule has 0 saturated carbocycles. The van der Waals surface area contributed by atoms with E-state index < -0.39 is 0 Å². The molecule has 0 amide bonds. The number of rotatable bonds is 2. The predicted octanol–water partition coefficient (Wildman–Crippen LogP) is 3.55. The highest BCUT2D eigenvalue weighted by atomic mass is 19.1. The van der Waals surface area contributed by atoms with Crippen LogP contribution in [-0.2, 0) is 0 Å². The molecule has 2 nitrogen and oxygen atoms in total. The molecule has 2 aromatic rings. The normalized spacial score (nSPS) is 10.4. The molecule has 1 aromatic heterocycles. The van der Waals surface area contributed by atoms with Gasteiger partial charge in [0.25, 0.3) is 0 Å². The molecule has 0 spiro atoms. The second-order valence-electron chi connectivity index (χ2n) is 4.10. The molecule has 3 heteroatoms. The number of aryl methyl sites for hydroxylation is 2. The van der Waals surface area contributed by atoms with E-state index in [-0.39, 0.29) is 5.82 Å². The summed E-state index contributed by atoms with van der Waals surface area (Å²) in [7, 11) is 1.84. The van der Waals surface area contributed by atoms with Crippen molar-refractivity contribution in [2.24, 2.45) is 0 Å². The molecule has 2 rings (SSSR count). The van der Waals surface area contributed by atoms with Crippen LogP contribution in [0.3, 0.4) is 0 Å². The summed E-state index contributed by atoms with van der Waals surface area (Å²) < 4.78 is 13.2. The second kappa shape index (κ2) is 4.53. The van der Waals surface area contributed by atoms with E-state index in [1.165, 1.54) is 6.07 Å². The van der Waals surface area contributed by atoms with Crippen molar-refractivity contribution >= 4 is 5.82 Å². The van der Waals surface area contributed by atoms with Crippen molar-refractivity contribution in [3.8, 4) is 11.1 Å². The van der Waals surface area contributed by atoms with Gasteiger partial charge in [-0.1, -0.05) is 6.07 Å². The first kappa shape index (κ1) is 11.6. The van der Waals surface area contributed by atoms with Gasteiger partial charge in [0.2, 0.25) is 0 Å². The van der Waals surface area contributed by atoms with E-state index in [0.717, 1.165) is 22.5 Å². The molecular formula is C14H15FN2. The molecule has 0 aliphatic heterocycles. The van der Waals surface area contributed by atoms with Crippen LogP contribution in [0.1, 0.15) is 11.1 Å². The van der Waals surface area contributed by atoms with E-state index in [9.17, 15) is 4.39 Å². The Morgan fingerprint density at radius 3 is 2.35 bits per heavy atom. The first-order valence-electron chi connectivity index (χ1n) is 5.52. The van der Waals surface area contributed by atoms with Gasteiger partial charge in [0.1, 0.15) is 11.6 Å². The van der Waals surface area contributed by atoms with E-state index in [4.69, 9.17) is 0 Å². The number of nitrogens with one attached hydrogen (secondary N) is 1. The third kappa shape index (κ3) is 2.28. The van der Waals surface area contributed by atoms with Crippen molar-refractivity contribution in [1.29, 1.82) is 0 Å². The summed E-state index contributed by atoms with van der Waals surface area (Å²) in [5.74, 6) is 0.692. The van der Waals surface area contributed by atoms with Gasteiger partial charge in [-0.3, -0.25) is 0 Å². The zero-order chi connectivity index (χ0) is 12.4. The van der Waals surface area contributed by atoms with Gasteiger partial charge in [0.05, 0.1) is 0 Å². The first-order chi connectivity index (χ1) is 8.11. The number of hydrogen-bond donors (Lipinski definition) is 1. The Labute approximate surface area is 101 Å². The second-order valence-corrected chi connectivity index (χ2v) is 4.10. The van der Waals surface area contributed by atoms with Crippen LogP contribution in [0.25, 0.3) is 11.1 Å². The number of hydrogen-bond acceptors (Lipinski definition) is 2. The largest absolute Gasteiger partial charge is 0.373 e. The van der Waals surface area contributed by atoms with E-state index in [1.807, 2.05) is 26.1 Å². The Balaban J connectivity index is 2.46. The molecule has 0 aliphatic rings. The Morgan fingerprint density at radius 2 is 1.76 bits per heavy atom. The summed E-state index contributed by atoms with van der Waals surface area (Å²) >= 11 is 0. The van der Waals surface area contributed by atoms with Crippen LogP contribution in [0.4, 0.5) is 10.2 Å². The van der Waals surface area contributed by atoms with Gasteiger partial charge in [-0.15, -0.1) is 0 Å². The number of nitrogens with zero attached hydrogens (tertiary/aromatic N) is 1. The van der Waals surface area contributed by atoms with Gasteiger partial charge in [0, 0.05) is 18.8 Å². The third-order valence-corrected chi connectivity index (χ3v) is 2.81. The number of aromatic nitrogens is 1. The van der Waals surface area contributed by atoms with Crippen molar-refractivity contribution in [3.05, 3.63) is 47.4 Å². The van der Waals surface area contributed by atoms with E-state index in [2.05, 4.69) is 10.3 Å². The van der Waals surface area contributed by atoms with Crippen LogP contribution >= 0.6 is 0 Å². The summed E-state index contributed by atoms with van der Waals surface area (Å²) in [6, 6.07) is 7.15. The number of halogens is 1. The highest BCUT2D eigenvalue weighted by Crippen LogP contribution is 2.24. The van der Waals surface area contributed by atoms with Crippen molar-refractivity contribution in [1.82, 2.24) is 4.98 Å². The van der Waals surface area contributed by atoms with E-state index in [1.54, 1.807) is 19.2 Å². The SMILES string of the molecule is CNc1ncc(-c2ccc(F)c(C)c2)cc1C. The Kier molecular flexibility index (Phi) is 3.09. The monoisotopic (exact) mass is 230 g/mol. The molecule has 1 aromatic carbocycles. The van der Waals surface area contributed by atoms with Crippen LogP contribution in [0.5, 0.6) is 0 Å². The smallest absolute Gasteiger partial charge is 0.128 e. The van der Waals surface area contributed by atoms with Crippen LogP contribution in [-0.4, -0.2) is 12.0 Å². The molecule has 0 unspecified atom stereocenters. The zero-order valence-electron chi connectivity index (χ0n) is 10.2. The topological polar surface area (TPSA) is 24.9 Å². The number of benzene rings is 1.